The first-order valence-electron chi connectivity index (χ1n) is 10.7. The summed E-state index contributed by atoms with van der Waals surface area (Å²) in [6.45, 7) is 7.83. The Morgan fingerprint density at radius 3 is 2.12 bits per heavy atom. The number of rotatable bonds is 9. The maximum Gasteiger partial charge on any atom is 0.407 e. The number of nitrogens with one attached hydrogen (secondary N) is 1. The lowest BCUT2D eigenvalue weighted by Crippen LogP contribution is -2.73. The van der Waals surface area contributed by atoms with Gasteiger partial charge in [-0.15, -0.1) is 0 Å². The Bertz CT molecular complexity index is 776. The van der Waals surface area contributed by atoms with Gasteiger partial charge in [-0.05, 0) is 13.3 Å². The van der Waals surface area contributed by atoms with Crippen molar-refractivity contribution in [2.45, 2.75) is 84.3 Å². The predicted molar refractivity (Wildman–Crippen MR) is 111 cm³/mol. The topological polar surface area (TPSA) is 153 Å². The molecule has 1 N–H and O–H groups in total. The molecule has 1 rings (SSSR count). The van der Waals surface area contributed by atoms with Gasteiger partial charge in [-0.1, -0.05) is 13.8 Å². The summed E-state index contributed by atoms with van der Waals surface area (Å²) >= 11 is 0. The maximum atomic E-state index is 15.9. The fourth-order valence-electron chi connectivity index (χ4n) is 3.78. The number of hydrogen-bond acceptors (Lipinski definition) is 11. The largest absolute Gasteiger partial charge is 0.464 e. The zero-order valence-electron chi connectivity index (χ0n) is 20.2. The second-order valence-corrected chi connectivity index (χ2v) is 7.62. The van der Waals surface area contributed by atoms with Crippen molar-refractivity contribution in [1.29, 1.82) is 0 Å². The summed E-state index contributed by atoms with van der Waals surface area (Å²) in [6, 6.07) is -1.44. The van der Waals surface area contributed by atoms with Crippen LogP contribution in [0.15, 0.2) is 0 Å². The minimum absolute atomic E-state index is 0.0263. The van der Waals surface area contributed by atoms with Crippen LogP contribution in [0.25, 0.3) is 0 Å². The number of hydrogen-bond donors (Lipinski definition) is 1. The van der Waals surface area contributed by atoms with Crippen LogP contribution in [0.5, 0.6) is 0 Å². The highest BCUT2D eigenvalue weighted by atomic mass is 19.1. The van der Waals surface area contributed by atoms with Crippen molar-refractivity contribution in [3.63, 3.8) is 0 Å². The quantitative estimate of drug-likeness (QED) is 0.364. The third-order valence-corrected chi connectivity index (χ3v) is 5.12. The number of esters is 4. The van der Waals surface area contributed by atoms with Crippen molar-refractivity contribution < 1.29 is 56.8 Å². The number of alkyl carbamates (subject to hydrolysis) is 1. The van der Waals surface area contributed by atoms with E-state index >= 15 is 4.39 Å². The predicted octanol–water partition coefficient (Wildman–Crippen LogP) is 1.18. The van der Waals surface area contributed by atoms with Crippen LogP contribution in [0.2, 0.25) is 0 Å². The van der Waals surface area contributed by atoms with Crippen LogP contribution in [0.4, 0.5) is 9.18 Å². The van der Waals surface area contributed by atoms with Crippen LogP contribution < -0.4 is 5.32 Å². The summed E-state index contributed by atoms with van der Waals surface area (Å²) in [6.07, 6.45) is -7.44. The van der Waals surface area contributed by atoms with Crippen LogP contribution in [0.3, 0.4) is 0 Å². The van der Waals surface area contributed by atoms with Crippen molar-refractivity contribution in [3.8, 4) is 0 Å². The normalized spacial score (nSPS) is 28.0. The molecule has 2 unspecified atom stereocenters. The van der Waals surface area contributed by atoms with Gasteiger partial charge in [0.05, 0.1) is 25.9 Å². The first-order chi connectivity index (χ1) is 15.8. The number of alkyl halides is 1. The van der Waals surface area contributed by atoms with Gasteiger partial charge in [-0.3, -0.25) is 14.4 Å². The molecular weight excluding hydrogens is 461 g/mol. The standard InChI is InChI=1S/C21H32FNO11/c1-8-14(31-11(4)24)10(3)16-15(23-20(28)30-9-2)17(32-12(5)25)18(22)21(34-16,19(27)29-7)33-13(6)26/h10,14-18H,8-9H2,1-7H3,(H,23,28)/t10-,14-,15+,16?,17+,18?,21-/m1/s1. The van der Waals surface area contributed by atoms with E-state index in [9.17, 15) is 24.0 Å². The molecule has 0 saturated carbocycles. The molecule has 13 heteroatoms. The van der Waals surface area contributed by atoms with Crippen LogP contribution >= 0.6 is 0 Å². The van der Waals surface area contributed by atoms with E-state index in [4.69, 9.17) is 23.7 Å². The van der Waals surface area contributed by atoms with Crippen molar-refractivity contribution in [2.24, 2.45) is 5.92 Å². The Morgan fingerprint density at radius 2 is 1.68 bits per heavy atom. The molecule has 1 fully saturated rings. The van der Waals surface area contributed by atoms with Gasteiger partial charge in [0.25, 0.3) is 0 Å². The molecule has 0 radical (unpaired) electrons. The van der Waals surface area contributed by atoms with Gasteiger partial charge in [0.1, 0.15) is 6.10 Å². The Hall–Kier alpha value is -2.96. The van der Waals surface area contributed by atoms with E-state index in [0.717, 1.165) is 21.0 Å². The van der Waals surface area contributed by atoms with Gasteiger partial charge in [-0.2, -0.15) is 0 Å². The smallest absolute Gasteiger partial charge is 0.407 e. The van der Waals surface area contributed by atoms with Gasteiger partial charge in [0.15, 0.2) is 6.10 Å². The summed E-state index contributed by atoms with van der Waals surface area (Å²) in [5.41, 5.74) is 0. The zero-order valence-corrected chi connectivity index (χ0v) is 20.2. The van der Waals surface area contributed by atoms with Gasteiger partial charge in [0.2, 0.25) is 6.17 Å². The van der Waals surface area contributed by atoms with Gasteiger partial charge < -0.3 is 33.7 Å². The Balaban J connectivity index is 3.70. The third-order valence-electron chi connectivity index (χ3n) is 5.12. The lowest BCUT2D eigenvalue weighted by Gasteiger charge is -2.49. The molecule has 0 bridgehead atoms. The average molecular weight is 493 g/mol. The molecule has 7 atom stereocenters. The number of amides is 1. The molecule has 0 aliphatic carbocycles. The number of methoxy groups -OCH3 is 1. The third kappa shape index (κ3) is 6.78. The van der Waals surface area contributed by atoms with Crippen molar-refractivity contribution in [1.82, 2.24) is 5.32 Å². The van der Waals surface area contributed by atoms with Crippen LogP contribution in [-0.4, -0.2) is 80.0 Å². The van der Waals surface area contributed by atoms with E-state index in [2.05, 4.69) is 10.1 Å². The maximum absolute atomic E-state index is 15.9. The summed E-state index contributed by atoms with van der Waals surface area (Å²) < 4.78 is 46.5. The lowest BCUT2D eigenvalue weighted by molar-refractivity contribution is -0.320. The molecule has 1 aliphatic rings. The molecule has 1 aliphatic heterocycles. The molecule has 0 aromatic heterocycles. The fraction of sp³-hybridized carbons (Fsp3) is 0.762. The molecule has 0 spiro atoms. The number of ether oxygens (including phenoxy) is 6. The summed E-state index contributed by atoms with van der Waals surface area (Å²) in [7, 11) is 0.916. The Labute approximate surface area is 196 Å². The molecule has 0 aromatic carbocycles. The van der Waals surface area contributed by atoms with Crippen LogP contribution in [0, 0.1) is 5.92 Å². The molecule has 12 nitrogen and oxygen atoms in total. The zero-order chi connectivity index (χ0) is 26.2. The van der Waals surface area contributed by atoms with E-state index in [1.165, 1.54) is 13.8 Å². The van der Waals surface area contributed by atoms with Gasteiger partial charge >= 0.3 is 35.8 Å². The summed E-state index contributed by atoms with van der Waals surface area (Å²) in [5, 5.41) is 2.38. The van der Waals surface area contributed by atoms with Gasteiger partial charge in [-0.25, -0.2) is 14.0 Å². The second kappa shape index (κ2) is 12.5. The van der Waals surface area contributed by atoms with Crippen molar-refractivity contribution in [2.75, 3.05) is 13.7 Å². The highest BCUT2D eigenvalue weighted by Gasteiger charge is 2.66. The molecule has 0 aromatic rings. The van der Waals surface area contributed by atoms with E-state index < -0.39 is 72.2 Å². The monoisotopic (exact) mass is 493 g/mol. The number of halogens is 1. The highest BCUT2D eigenvalue weighted by Crippen LogP contribution is 2.40. The first kappa shape index (κ1) is 29.1. The van der Waals surface area contributed by atoms with Crippen molar-refractivity contribution in [3.05, 3.63) is 0 Å². The Morgan fingerprint density at radius 1 is 1.06 bits per heavy atom. The molecular formula is C21H32FNO11. The second-order valence-electron chi connectivity index (χ2n) is 7.62. The molecule has 34 heavy (non-hydrogen) atoms. The molecule has 1 amide bonds. The minimum atomic E-state index is -2.97. The number of carbonyl (C=O) groups is 5. The van der Waals surface area contributed by atoms with Crippen LogP contribution in [0.1, 0.15) is 48.0 Å². The summed E-state index contributed by atoms with van der Waals surface area (Å²) in [4.78, 5) is 60.2. The van der Waals surface area contributed by atoms with Crippen LogP contribution in [-0.2, 0) is 47.6 Å². The van der Waals surface area contributed by atoms with E-state index in [0.29, 0.717) is 0 Å². The van der Waals surface area contributed by atoms with Crippen molar-refractivity contribution >= 4 is 30.0 Å². The van der Waals surface area contributed by atoms with E-state index in [1.54, 1.807) is 13.8 Å². The first-order valence-corrected chi connectivity index (χ1v) is 10.7. The lowest BCUT2D eigenvalue weighted by atomic mass is 9.82. The molecule has 194 valence electrons. The SMILES string of the molecule is CCOC(=O)N[C@H]1C([C@H](C)[C@@H](CC)OC(C)=O)O[C@@](OC(C)=O)(C(=O)OC)C(F)[C@H]1OC(C)=O. The highest BCUT2D eigenvalue weighted by molar-refractivity contribution is 5.83. The van der Waals surface area contributed by atoms with Gasteiger partial charge in [0, 0.05) is 26.7 Å². The van der Waals surface area contributed by atoms with E-state index in [1.807, 2.05) is 0 Å². The summed E-state index contributed by atoms with van der Waals surface area (Å²) in [5.74, 6) is -7.90. The number of carbonyl (C=O) groups excluding carboxylic acids is 5. The van der Waals surface area contributed by atoms with E-state index in [-0.39, 0.29) is 13.0 Å². The fourth-order valence-corrected chi connectivity index (χ4v) is 3.78. The molecule has 1 heterocycles. The minimum Gasteiger partial charge on any atom is -0.464 e. The molecule has 1 saturated heterocycles. The average Bonchev–Trinajstić information content (AvgIpc) is 2.74. The Kier molecular flexibility index (Phi) is 10.7.